The third-order valence-electron chi connectivity index (χ3n) is 5.80. The molecule has 1 N–H and O–H groups in total. The van der Waals surface area contributed by atoms with Crippen LogP contribution in [0.25, 0.3) is 11.0 Å². The lowest BCUT2D eigenvalue weighted by Gasteiger charge is -2.44. The standard InChI is InChI=1S/C18H28N6/c1-18(13-23-11-9-22(2)10-12-23)4-7-24(8-5-18)17-15-3-6-19-16(15)20-14-21-17/h3,6,14H,4-5,7-13H2,1-2H3,(H,19,20,21). The highest BCUT2D eigenvalue weighted by atomic mass is 15.3. The zero-order valence-corrected chi connectivity index (χ0v) is 14.8. The largest absolute Gasteiger partial charge is 0.356 e. The van der Waals surface area contributed by atoms with Crippen molar-refractivity contribution in [1.82, 2.24) is 24.8 Å². The second kappa shape index (κ2) is 6.33. The number of nitrogens with zero attached hydrogens (tertiary/aromatic N) is 5. The van der Waals surface area contributed by atoms with Gasteiger partial charge in [0.1, 0.15) is 17.8 Å². The molecule has 130 valence electrons. The van der Waals surface area contributed by atoms with Gasteiger partial charge in [0.05, 0.1) is 5.39 Å². The Morgan fingerprint density at radius 1 is 1.08 bits per heavy atom. The molecular weight excluding hydrogens is 300 g/mol. The zero-order chi connectivity index (χ0) is 16.6. The SMILES string of the molecule is CN1CCN(CC2(C)CCN(c3ncnc4[nH]ccc34)CC2)CC1. The van der Waals surface area contributed by atoms with Gasteiger partial charge in [0.15, 0.2) is 0 Å². The monoisotopic (exact) mass is 328 g/mol. The molecule has 0 saturated carbocycles. The van der Waals surface area contributed by atoms with Gasteiger partial charge < -0.3 is 19.7 Å². The first-order chi connectivity index (χ1) is 11.6. The Kier molecular flexibility index (Phi) is 4.18. The number of hydrogen-bond donors (Lipinski definition) is 1. The van der Waals surface area contributed by atoms with Crippen LogP contribution < -0.4 is 4.90 Å². The minimum Gasteiger partial charge on any atom is -0.356 e. The van der Waals surface area contributed by atoms with Crippen molar-refractivity contribution in [2.24, 2.45) is 5.41 Å². The molecule has 0 amide bonds. The molecule has 0 radical (unpaired) electrons. The summed E-state index contributed by atoms with van der Waals surface area (Å²) in [7, 11) is 2.22. The average molecular weight is 328 g/mol. The van der Waals surface area contributed by atoms with Crippen LogP contribution in [0.5, 0.6) is 0 Å². The Morgan fingerprint density at radius 3 is 2.58 bits per heavy atom. The number of piperazine rings is 1. The van der Waals surface area contributed by atoms with Gasteiger partial charge >= 0.3 is 0 Å². The van der Waals surface area contributed by atoms with E-state index in [-0.39, 0.29) is 0 Å². The van der Waals surface area contributed by atoms with E-state index in [2.05, 4.69) is 49.7 Å². The lowest BCUT2D eigenvalue weighted by atomic mass is 9.79. The maximum absolute atomic E-state index is 4.55. The van der Waals surface area contributed by atoms with Crippen molar-refractivity contribution in [2.75, 3.05) is 57.8 Å². The van der Waals surface area contributed by atoms with Gasteiger partial charge in [-0.3, -0.25) is 0 Å². The molecular formula is C18H28N6. The fourth-order valence-electron chi connectivity index (χ4n) is 4.07. The number of likely N-dealkylation sites (N-methyl/N-ethyl adjacent to an activating group) is 1. The normalized spacial score (nSPS) is 23.0. The number of piperidine rings is 1. The van der Waals surface area contributed by atoms with Crippen LogP contribution in [-0.4, -0.2) is 77.6 Å². The van der Waals surface area contributed by atoms with Gasteiger partial charge in [-0.1, -0.05) is 6.92 Å². The van der Waals surface area contributed by atoms with Crippen molar-refractivity contribution in [3.63, 3.8) is 0 Å². The van der Waals surface area contributed by atoms with E-state index in [1.807, 2.05) is 6.20 Å². The summed E-state index contributed by atoms with van der Waals surface area (Å²) in [5.74, 6) is 1.09. The van der Waals surface area contributed by atoms with Crippen molar-refractivity contribution in [3.8, 4) is 0 Å². The molecule has 0 aromatic carbocycles. The summed E-state index contributed by atoms with van der Waals surface area (Å²) < 4.78 is 0. The first-order valence-corrected chi connectivity index (χ1v) is 9.07. The van der Waals surface area contributed by atoms with E-state index in [0.29, 0.717) is 5.41 Å². The third kappa shape index (κ3) is 3.13. The minimum atomic E-state index is 0.427. The molecule has 4 heterocycles. The van der Waals surface area contributed by atoms with Gasteiger partial charge in [-0.15, -0.1) is 0 Å². The van der Waals surface area contributed by atoms with Crippen molar-refractivity contribution in [3.05, 3.63) is 18.6 Å². The predicted molar refractivity (Wildman–Crippen MR) is 97.4 cm³/mol. The zero-order valence-electron chi connectivity index (χ0n) is 14.8. The van der Waals surface area contributed by atoms with Crippen molar-refractivity contribution < 1.29 is 0 Å². The molecule has 2 aromatic rings. The van der Waals surface area contributed by atoms with E-state index >= 15 is 0 Å². The number of H-pyrrole nitrogens is 1. The van der Waals surface area contributed by atoms with E-state index in [9.17, 15) is 0 Å². The lowest BCUT2D eigenvalue weighted by molar-refractivity contribution is 0.0893. The van der Waals surface area contributed by atoms with Crippen LogP contribution in [0.15, 0.2) is 18.6 Å². The van der Waals surface area contributed by atoms with Gasteiger partial charge in [-0.2, -0.15) is 0 Å². The molecule has 6 heteroatoms. The number of rotatable bonds is 3. The van der Waals surface area contributed by atoms with Crippen LogP contribution in [0, 0.1) is 5.41 Å². The quantitative estimate of drug-likeness (QED) is 0.931. The van der Waals surface area contributed by atoms with Gasteiger partial charge in [0.25, 0.3) is 0 Å². The molecule has 0 atom stereocenters. The smallest absolute Gasteiger partial charge is 0.142 e. The molecule has 2 aliphatic heterocycles. The van der Waals surface area contributed by atoms with Gasteiger partial charge in [0, 0.05) is 52.0 Å². The first-order valence-electron chi connectivity index (χ1n) is 9.07. The van der Waals surface area contributed by atoms with Crippen molar-refractivity contribution in [1.29, 1.82) is 0 Å². The molecule has 24 heavy (non-hydrogen) atoms. The summed E-state index contributed by atoms with van der Waals surface area (Å²) in [6.07, 6.45) is 6.08. The highest BCUT2D eigenvalue weighted by Crippen LogP contribution is 2.35. The summed E-state index contributed by atoms with van der Waals surface area (Å²) in [6.45, 7) is 10.7. The van der Waals surface area contributed by atoms with Crippen molar-refractivity contribution in [2.45, 2.75) is 19.8 Å². The van der Waals surface area contributed by atoms with Crippen LogP contribution >= 0.6 is 0 Å². The highest BCUT2D eigenvalue weighted by molar-refractivity contribution is 5.87. The summed E-state index contributed by atoms with van der Waals surface area (Å²) in [6, 6.07) is 2.09. The number of fused-ring (bicyclic) bond motifs is 1. The second-order valence-electron chi connectivity index (χ2n) is 7.81. The molecule has 2 aliphatic rings. The molecule has 0 bridgehead atoms. The van der Waals surface area contributed by atoms with E-state index in [1.165, 1.54) is 45.6 Å². The third-order valence-corrected chi connectivity index (χ3v) is 5.80. The number of hydrogen-bond acceptors (Lipinski definition) is 5. The molecule has 2 aromatic heterocycles. The number of nitrogens with one attached hydrogen (secondary N) is 1. The van der Waals surface area contributed by atoms with Crippen molar-refractivity contribution >= 4 is 16.9 Å². The number of aromatic nitrogens is 3. The van der Waals surface area contributed by atoms with E-state index in [0.717, 1.165) is 29.9 Å². The highest BCUT2D eigenvalue weighted by Gasteiger charge is 2.33. The summed E-state index contributed by atoms with van der Waals surface area (Å²) >= 11 is 0. The molecule has 2 saturated heterocycles. The maximum atomic E-state index is 4.55. The Balaban J connectivity index is 1.40. The molecule has 0 unspecified atom stereocenters. The summed E-state index contributed by atoms with van der Waals surface area (Å²) in [4.78, 5) is 19.6. The number of anilines is 1. The Morgan fingerprint density at radius 2 is 1.83 bits per heavy atom. The Labute approximate surface area is 143 Å². The van der Waals surface area contributed by atoms with Crippen LogP contribution in [-0.2, 0) is 0 Å². The topological polar surface area (TPSA) is 51.3 Å². The molecule has 4 rings (SSSR count). The second-order valence-corrected chi connectivity index (χ2v) is 7.81. The van der Waals surface area contributed by atoms with Crippen LogP contribution in [0.2, 0.25) is 0 Å². The Bertz CT molecular complexity index is 680. The molecule has 6 nitrogen and oxygen atoms in total. The van der Waals surface area contributed by atoms with E-state index in [4.69, 9.17) is 0 Å². The fraction of sp³-hybridized carbons (Fsp3) is 0.667. The fourth-order valence-corrected chi connectivity index (χ4v) is 4.07. The summed E-state index contributed by atoms with van der Waals surface area (Å²) in [5, 5.41) is 1.14. The van der Waals surface area contributed by atoms with Gasteiger partial charge in [-0.25, -0.2) is 9.97 Å². The first kappa shape index (κ1) is 15.8. The molecule has 0 spiro atoms. The van der Waals surface area contributed by atoms with Crippen LogP contribution in [0.3, 0.4) is 0 Å². The summed E-state index contributed by atoms with van der Waals surface area (Å²) in [5.41, 5.74) is 1.36. The molecule has 2 fully saturated rings. The van der Waals surface area contributed by atoms with Gasteiger partial charge in [-0.05, 0) is 31.4 Å². The average Bonchev–Trinajstić information content (AvgIpc) is 3.06. The minimum absolute atomic E-state index is 0.427. The Hall–Kier alpha value is -1.66. The predicted octanol–water partition coefficient (Wildman–Crippen LogP) is 1.81. The maximum Gasteiger partial charge on any atom is 0.142 e. The van der Waals surface area contributed by atoms with Crippen LogP contribution in [0.1, 0.15) is 19.8 Å². The number of aromatic amines is 1. The van der Waals surface area contributed by atoms with Gasteiger partial charge in [0.2, 0.25) is 0 Å². The van der Waals surface area contributed by atoms with E-state index in [1.54, 1.807) is 6.33 Å². The molecule has 0 aliphatic carbocycles. The van der Waals surface area contributed by atoms with E-state index < -0.39 is 0 Å². The lowest BCUT2D eigenvalue weighted by Crippen LogP contribution is -2.50. The van der Waals surface area contributed by atoms with Crippen LogP contribution in [0.4, 0.5) is 5.82 Å².